The quantitative estimate of drug-likeness (QED) is 0.169. The van der Waals surface area contributed by atoms with Crippen LogP contribution in [-0.4, -0.2) is 22.5 Å². The minimum absolute atomic E-state index is 0.226. The van der Waals surface area contributed by atoms with Crippen molar-refractivity contribution < 1.29 is 14.3 Å². The number of nitrogens with zero attached hydrogens (tertiary/aromatic N) is 2. The van der Waals surface area contributed by atoms with Gasteiger partial charge in [-0.05, 0) is 37.1 Å². The summed E-state index contributed by atoms with van der Waals surface area (Å²) in [5, 5.41) is 0. The molecule has 0 bridgehead atoms. The standard InChI is InChI=1S/C28H42N2O3/c1-3-5-7-9-10-11-12-13-15-21-32-25-19-17-24(18-20-25)28-29-22-26(23-30-28)33-27(31)16-14-8-6-4-2/h17-20,22-23H,3-16,21H2,1-2H3. The first-order valence-electron chi connectivity index (χ1n) is 13.0. The van der Waals surface area contributed by atoms with Crippen molar-refractivity contribution in [3.63, 3.8) is 0 Å². The Bertz CT molecular complexity index is 760. The number of carbonyl (C=O) groups excluding carboxylic acids is 1. The molecule has 0 aliphatic carbocycles. The number of aromatic nitrogens is 2. The minimum Gasteiger partial charge on any atom is -0.494 e. The second-order valence-corrected chi connectivity index (χ2v) is 8.73. The van der Waals surface area contributed by atoms with Crippen molar-refractivity contribution in [1.29, 1.82) is 0 Å². The van der Waals surface area contributed by atoms with E-state index in [9.17, 15) is 4.79 Å². The molecule has 1 aromatic carbocycles. The van der Waals surface area contributed by atoms with Crippen LogP contribution < -0.4 is 9.47 Å². The molecule has 0 aliphatic heterocycles. The van der Waals surface area contributed by atoms with Gasteiger partial charge in [-0.2, -0.15) is 0 Å². The summed E-state index contributed by atoms with van der Waals surface area (Å²) < 4.78 is 11.2. The average molecular weight is 455 g/mol. The molecule has 0 atom stereocenters. The van der Waals surface area contributed by atoms with Crippen molar-refractivity contribution in [1.82, 2.24) is 9.97 Å². The molecule has 0 fully saturated rings. The molecule has 0 radical (unpaired) electrons. The van der Waals surface area contributed by atoms with Gasteiger partial charge in [0.25, 0.3) is 0 Å². The van der Waals surface area contributed by atoms with Gasteiger partial charge in [0.15, 0.2) is 11.6 Å². The summed E-state index contributed by atoms with van der Waals surface area (Å²) in [6.45, 7) is 5.16. The molecular weight excluding hydrogens is 412 g/mol. The van der Waals surface area contributed by atoms with Crippen LogP contribution in [0.5, 0.6) is 11.5 Å². The molecule has 1 aromatic heterocycles. The molecule has 0 saturated heterocycles. The summed E-state index contributed by atoms with van der Waals surface area (Å²) in [6.07, 6.45) is 19.6. The third-order valence-electron chi connectivity index (χ3n) is 5.72. The number of carbonyl (C=O) groups is 1. The molecule has 2 aromatic rings. The van der Waals surface area contributed by atoms with Crippen LogP contribution in [0.3, 0.4) is 0 Å². The van der Waals surface area contributed by atoms with Gasteiger partial charge in [0, 0.05) is 12.0 Å². The summed E-state index contributed by atoms with van der Waals surface area (Å²) in [5.74, 6) is 1.63. The van der Waals surface area contributed by atoms with Gasteiger partial charge < -0.3 is 9.47 Å². The summed E-state index contributed by atoms with van der Waals surface area (Å²) in [5.41, 5.74) is 0.905. The van der Waals surface area contributed by atoms with Gasteiger partial charge in [-0.25, -0.2) is 9.97 Å². The lowest BCUT2D eigenvalue weighted by Crippen LogP contribution is -2.08. The Morgan fingerprint density at radius 2 is 1.24 bits per heavy atom. The van der Waals surface area contributed by atoms with E-state index in [0.29, 0.717) is 18.0 Å². The fraction of sp³-hybridized carbons (Fsp3) is 0.607. The molecular formula is C28H42N2O3. The molecule has 1 heterocycles. The first-order chi connectivity index (χ1) is 16.2. The predicted octanol–water partition coefficient (Wildman–Crippen LogP) is 7.93. The number of hydrogen-bond acceptors (Lipinski definition) is 5. The van der Waals surface area contributed by atoms with Crippen molar-refractivity contribution in [2.24, 2.45) is 0 Å². The molecule has 0 amide bonds. The van der Waals surface area contributed by atoms with Crippen molar-refractivity contribution in [2.45, 2.75) is 104 Å². The van der Waals surface area contributed by atoms with Crippen LogP contribution in [0.4, 0.5) is 0 Å². The van der Waals surface area contributed by atoms with Crippen LogP contribution in [0.25, 0.3) is 11.4 Å². The molecule has 0 saturated carbocycles. The second-order valence-electron chi connectivity index (χ2n) is 8.73. The molecule has 0 spiro atoms. The van der Waals surface area contributed by atoms with Gasteiger partial charge in [0.1, 0.15) is 5.75 Å². The Balaban J connectivity index is 1.64. The van der Waals surface area contributed by atoms with E-state index in [-0.39, 0.29) is 5.97 Å². The fourth-order valence-corrected chi connectivity index (χ4v) is 3.70. The van der Waals surface area contributed by atoms with E-state index in [1.807, 2.05) is 24.3 Å². The maximum Gasteiger partial charge on any atom is 0.311 e. The van der Waals surface area contributed by atoms with E-state index >= 15 is 0 Å². The predicted molar refractivity (Wildman–Crippen MR) is 135 cm³/mol. The number of esters is 1. The van der Waals surface area contributed by atoms with E-state index in [2.05, 4.69) is 23.8 Å². The Hall–Kier alpha value is -2.43. The van der Waals surface area contributed by atoms with Crippen LogP contribution in [0.1, 0.15) is 104 Å². The van der Waals surface area contributed by atoms with E-state index in [0.717, 1.165) is 50.0 Å². The maximum atomic E-state index is 11.9. The monoisotopic (exact) mass is 454 g/mol. The van der Waals surface area contributed by atoms with Crippen molar-refractivity contribution in [3.8, 4) is 22.9 Å². The van der Waals surface area contributed by atoms with Crippen molar-refractivity contribution in [3.05, 3.63) is 36.7 Å². The first-order valence-corrected chi connectivity index (χ1v) is 13.0. The van der Waals surface area contributed by atoms with E-state index in [1.54, 1.807) is 12.4 Å². The molecule has 5 heteroatoms. The zero-order chi connectivity index (χ0) is 23.6. The Morgan fingerprint density at radius 3 is 1.85 bits per heavy atom. The average Bonchev–Trinajstić information content (AvgIpc) is 2.84. The van der Waals surface area contributed by atoms with Gasteiger partial charge in [-0.15, -0.1) is 0 Å². The van der Waals surface area contributed by atoms with Gasteiger partial charge in [-0.1, -0.05) is 84.5 Å². The van der Waals surface area contributed by atoms with Crippen LogP contribution >= 0.6 is 0 Å². The summed E-state index contributed by atoms with van der Waals surface area (Å²) in [7, 11) is 0. The molecule has 5 nitrogen and oxygen atoms in total. The largest absolute Gasteiger partial charge is 0.494 e. The third kappa shape index (κ3) is 11.8. The summed E-state index contributed by atoms with van der Waals surface area (Å²) >= 11 is 0. The second kappa shape index (κ2) is 17.1. The zero-order valence-electron chi connectivity index (χ0n) is 20.7. The third-order valence-corrected chi connectivity index (χ3v) is 5.72. The summed E-state index contributed by atoms with van der Waals surface area (Å²) in [4.78, 5) is 20.6. The van der Waals surface area contributed by atoms with Crippen LogP contribution in [0, 0.1) is 0 Å². The molecule has 0 aliphatic rings. The van der Waals surface area contributed by atoms with Gasteiger partial charge in [0.2, 0.25) is 0 Å². The lowest BCUT2D eigenvalue weighted by atomic mass is 10.1. The van der Waals surface area contributed by atoms with Crippen LogP contribution in [-0.2, 0) is 4.79 Å². The molecule has 33 heavy (non-hydrogen) atoms. The maximum absolute atomic E-state index is 11.9. The van der Waals surface area contributed by atoms with Crippen LogP contribution in [0.15, 0.2) is 36.7 Å². The fourth-order valence-electron chi connectivity index (χ4n) is 3.70. The van der Waals surface area contributed by atoms with Gasteiger partial charge in [0.05, 0.1) is 19.0 Å². The Morgan fingerprint density at radius 1 is 0.697 bits per heavy atom. The molecule has 0 unspecified atom stereocenters. The van der Waals surface area contributed by atoms with E-state index < -0.39 is 0 Å². The van der Waals surface area contributed by atoms with Gasteiger partial charge >= 0.3 is 5.97 Å². The van der Waals surface area contributed by atoms with Crippen molar-refractivity contribution in [2.75, 3.05) is 6.61 Å². The van der Waals surface area contributed by atoms with Crippen molar-refractivity contribution >= 4 is 5.97 Å². The highest BCUT2D eigenvalue weighted by molar-refractivity contribution is 5.72. The molecule has 2 rings (SSSR count). The number of hydrogen-bond donors (Lipinski definition) is 0. The van der Waals surface area contributed by atoms with Crippen LogP contribution in [0.2, 0.25) is 0 Å². The summed E-state index contributed by atoms with van der Waals surface area (Å²) in [6, 6.07) is 7.83. The van der Waals surface area contributed by atoms with E-state index in [1.165, 1.54) is 51.4 Å². The smallest absolute Gasteiger partial charge is 0.311 e. The molecule has 182 valence electrons. The number of unbranched alkanes of at least 4 members (excludes halogenated alkanes) is 11. The lowest BCUT2D eigenvalue weighted by molar-refractivity contribution is -0.134. The Kier molecular flexibility index (Phi) is 13.9. The SMILES string of the molecule is CCCCCCCCCCCOc1ccc(-c2ncc(OC(=O)CCCCCC)cn2)cc1. The normalized spacial score (nSPS) is 10.8. The highest BCUT2D eigenvalue weighted by Crippen LogP contribution is 2.21. The lowest BCUT2D eigenvalue weighted by Gasteiger charge is -2.08. The number of benzene rings is 1. The van der Waals surface area contributed by atoms with Gasteiger partial charge in [-0.3, -0.25) is 4.79 Å². The highest BCUT2D eigenvalue weighted by atomic mass is 16.5. The van der Waals surface area contributed by atoms with E-state index in [4.69, 9.17) is 9.47 Å². The minimum atomic E-state index is -0.226. The first kappa shape index (κ1) is 26.8. The molecule has 0 N–H and O–H groups in total. The zero-order valence-corrected chi connectivity index (χ0v) is 20.7. The highest BCUT2D eigenvalue weighted by Gasteiger charge is 2.07. The number of ether oxygens (including phenoxy) is 2. The Labute approximate surface area is 200 Å². The number of rotatable bonds is 18. The topological polar surface area (TPSA) is 61.3 Å².